The molecule has 0 aliphatic carbocycles. The molecule has 0 aliphatic heterocycles. The molecule has 4 rings (SSSR count). The fraction of sp³-hybridized carbons (Fsp3) is 0.0800. The largest absolute Gasteiger partial charge is 0.422 e. The van der Waals surface area contributed by atoms with E-state index in [0.29, 0.717) is 21.2 Å². The fourth-order valence-corrected chi connectivity index (χ4v) is 5.47. The number of hydrogen-bond donors (Lipinski definition) is 2. The smallest absolute Gasteiger partial charge is 0.355 e. The zero-order valence-electron chi connectivity index (χ0n) is 18.9. The van der Waals surface area contributed by atoms with Crippen molar-refractivity contribution in [1.82, 2.24) is 10.1 Å². The molecule has 1 amide bonds. The lowest BCUT2D eigenvalue weighted by molar-refractivity contribution is -0.119. The van der Waals surface area contributed by atoms with E-state index in [0.717, 1.165) is 15.6 Å². The van der Waals surface area contributed by atoms with Crippen LogP contribution in [-0.2, 0) is 14.8 Å². The molecule has 1 aromatic heterocycles. The molecule has 4 aromatic rings. The Morgan fingerprint density at radius 2 is 1.72 bits per heavy atom. The maximum Gasteiger partial charge on any atom is 0.355 e. The molecule has 0 saturated carbocycles. The van der Waals surface area contributed by atoms with Crippen molar-refractivity contribution < 1.29 is 22.7 Å². The van der Waals surface area contributed by atoms with E-state index in [1.807, 2.05) is 31.2 Å². The van der Waals surface area contributed by atoms with Gasteiger partial charge in [0, 0.05) is 10.1 Å². The highest BCUT2D eigenvalue weighted by Crippen LogP contribution is 2.35. The summed E-state index contributed by atoms with van der Waals surface area (Å²) in [5, 5.41) is 4.98. The molecule has 184 valence electrons. The molecule has 1 heterocycles. The van der Waals surface area contributed by atoms with Crippen molar-refractivity contribution in [1.29, 1.82) is 0 Å². The molecule has 0 unspecified atom stereocenters. The highest BCUT2D eigenvalue weighted by molar-refractivity contribution is 7.89. The molecule has 2 N–H and O–H groups in total. The number of ether oxygens (including phenoxy) is 1. The summed E-state index contributed by atoms with van der Waals surface area (Å²) in [6.07, 6.45) is 1.38. The molecule has 0 aliphatic rings. The normalized spacial score (nSPS) is 11.6. The number of thiophene rings is 1. The number of carbonyl (C=O) groups excluding carboxylic acids is 2. The zero-order chi connectivity index (χ0) is 25.7. The number of amides is 1. The second-order valence-corrected chi connectivity index (χ2v) is 10.8. The van der Waals surface area contributed by atoms with E-state index in [-0.39, 0.29) is 4.90 Å². The van der Waals surface area contributed by atoms with E-state index in [9.17, 15) is 18.0 Å². The van der Waals surface area contributed by atoms with E-state index >= 15 is 0 Å². The van der Waals surface area contributed by atoms with Gasteiger partial charge in [0.1, 0.15) is 10.6 Å². The Balaban J connectivity index is 1.29. The van der Waals surface area contributed by atoms with Gasteiger partial charge in [0.25, 0.3) is 5.91 Å². The van der Waals surface area contributed by atoms with Crippen molar-refractivity contribution in [2.24, 2.45) is 5.10 Å². The summed E-state index contributed by atoms with van der Waals surface area (Å²) in [6.45, 7) is 1.38. The van der Waals surface area contributed by atoms with Crippen LogP contribution in [0.2, 0.25) is 5.02 Å². The Hall–Kier alpha value is -3.57. The van der Waals surface area contributed by atoms with Crippen LogP contribution in [0.5, 0.6) is 5.75 Å². The van der Waals surface area contributed by atoms with Gasteiger partial charge in [-0.3, -0.25) is 4.79 Å². The van der Waals surface area contributed by atoms with E-state index in [4.69, 9.17) is 16.3 Å². The minimum atomic E-state index is -3.81. The zero-order valence-corrected chi connectivity index (χ0v) is 21.3. The van der Waals surface area contributed by atoms with Crippen molar-refractivity contribution in [3.63, 3.8) is 0 Å². The van der Waals surface area contributed by atoms with Gasteiger partial charge in [0.05, 0.1) is 22.7 Å². The first-order chi connectivity index (χ1) is 17.2. The van der Waals surface area contributed by atoms with Crippen LogP contribution >= 0.6 is 22.9 Å². The minimum Gasteiger partial charge on any atom is -0.422 e. The molecule has 36 heavy (non-hydrogen) atoms. The molecule has 0 radical (unpaired) electrons. The van der Waals surface area contributed by atoms with Gasteiger partial charge < -0.3 is 4.74 Å². The molecule has 0 spiro atoms. The van der Waals surface area contributed by atoms with Crippen LogP contribution in [0.4, 0.5) is 0 Å². The van der Waals surface area contributed by atoms with Crippen molar-refractivity contribution in [2.75, 3.05) is 6.54 Å². The lowest BCUT2D eigenvalue weighted by Crippen LogP contribution is -2.34. The highest BCUT2D eigenvalue weighted by atomic mass is 35.5. The van der Waals surface area contributed by atoms with Gasteiger partial charge in [-0.1, -0.05) is 47.5 Å². The molecule has 3 aromatic carbocycles. The molecule has 0 bridgehead atoms. The van der Waals surface area contributed by atoms with Crippen molar-refractivity contribution in [3.8, 4) is 5.75 Å². The number of fused-ring (bicyclic) bond motifs is 1. The monoisotopic (exact) mass is 541 g/mol. The van der Waals surface area contributed by atoms with E-state index in [2.05, 4.69) is 15.2 Å². The van der Waals surface area contributed by atoms with Gasteiger partial charge >= 0.3 is 5.97 Å². The first kappa shape index (κ1) is 25.5. The van der Waals surface area contributed by atoms with Gasteiger partial charge in [-0.2, -0.15) is 5.10 Å². The summed E-state index contributed by atoms with van der Waals surface area (Å²) >= 11 is 7.59. The first-order valence-corrected chi connectivity index (χ1v) is 13.3. The van der Waals surface area contributed by atoms with Gasteiger partial charge in [-0.15, -0.1) is 11.3 Å². The topological polar surface area (TPSA) is 114 Å². The Kier molecular flexibility index (Phi) is 7.80. The predicted molar refractivity (Wildman–Crippen MR) is 140 cm³/mol. The number of carbonyl (C=O) groups is 2. The second-order valence-electron chi connectivity index (χ2n) is 7.63. The third-order valence-electron chi connectivity index (χ3n) is 4.97. The number of aryl methyl sites for hydroxylation is 1. The van der Waals surface area contributed by atoms with E-state index in [1.165, 1.54) is 29.7 Å². The standard InChI is InChI=1S/C25H20ClN3O5S2/c1-16-6-12-19(13-7-16)36(32,33)28-15-22(30)29-27-14-17-8-10-18(11-9-17)34-25(31)24-23(26)20-4-2-3-5-21(20)35-24/h2-14,28H,15H2,1H3,(H,29,30). The molecule has 0 saturated heterocycles. The van der Waals surface area contributed by atoms with Crippen LogP contribution in [0.25, 0.3) is 10.1 Å². The van der Waals surface area contributed by atoms with Crippen LogP contribution in [0, 0.1) is 6.92 Å². The van der Waals surface area contributed by atoms with Crippen LogP contribution in [0.1, 0.15) is 20.8 Å². The summed E-state index contributed by atoms with van der Waals surface area (Å²) in [5.41, 5.74) is 3.80. The number of sulfonamides is 1. The number of benzene rings is 3. The quantitative estimate of drug-likeness (QED) is 0.147. The molecule has 0 fully saturated rings. The maximum atomic E-state index is 12.6. The van der Waals surface area contributed by atoms with Gasteiger partial charge in [-0.05, 0) is 55.0 Å². The van der Waals surface area contributed by atoms with Gasteiger partial charge in [0.2, 0.25) is 10.0 Å². The molecule has 8 nitrogen and oxygen atoms in total. The van der Waals surface area contributed by atoms with Crippen LogP contribution in [-0.4, -0.2) is 33.1 Å². The van der Waals surface area contributed by atoms with Crippen LogP contribution < -0.4 is 14.9 Å². The third-order valence-corrected chi connectivity index (χ3v) is 8.04. The number of nitrogens with zero attached hydrogens (tertiary/aromatic N) is 1. The lowest BCUT2D eigenvalue weighted by Gasteiger charge is -2.06. The van der Waals surface area contributed by atoms with E-state index < -0.39 is 28.4 Å². The van der Waals surface area contributed by atoms with Crippen molar-refractivity contribution in [3.05, 3.63) is 93.8 Å². The summed E-state index contributed by atoms with van der Waals surface area (Å²) in [5.74, 6) is -0.865. The number of nitrogens with one attached hydrogen (secondary N) is 2. The van der Waals surface area contributed by atoms with Gasteiger partial charge in [-0.25, -0.2) is 23.4 Å². The van der Waals surface area contributed by atoms with Crippen molar-refractivity contribution >= 4 is 61.1 Å². The average molecular weight is 542 g/mol. The third kappa shape index (κ3) is 6.16. The summed E-state index contributed by atoms with van der Waals surface area (Å²) in [6, 6.07) is 20.2. The van der Waals surface area contributed by atoms with Crippen LogP contribution in [0.3, 0.4) is 0 Å². The SMILES string of the molecule is Cc1ccc(S(=O)(=O)NCC(=O)NN=Cc2ccc(OC(=O)c3sc4ccccc4c3Cl)cc2)cc1. The number of rotatable bonds is 8. The second kappa shape index (κ2) is 11.0. The van der Waals surface area contributed by atoms with Gasteiger partial charge in [0.15, 0.2) is 0 Å². The fourth-order valence-electron chi connectivity index (χ4n) is 3.10. The molecule has 0 atom stereocenters. The van der Waals surface area contributed by atoms with Crippen LogP contribution in [0.15, 0.2) is 82.8 Å². The molecular formula is C25H20ClN3O5S2. The first-order valence-electron chi connectivity index (χ1n) is 10.6. The average Bonchev–Trinajstić information content (AvgIpc) is 3.21. The maximum absolute atomic E-state index is 12.6. The highest BCUT2D eigenvalue weighted by Gasteiger charge is 2.19. The number of hydrazone groups is 1. The number of esters is 1. The summed E-state index contributed by atoms with van der Waals surface area (Å²) in [4.78, 5) is 24.9. The Morgan fingerprint density at radius 3 is 2.42 bits per heavy atom. The summed E-state index contributed by atoms with van der Waals surface area (Å²) in [7, 11) is -3.81. The predicted octanol–water partition coefficient (Wildman–Crippen LogP) is 4.51. The number of halogens is 1. The Labute approximate surface area is 216 Å². The Morgan fingerprint density at radius 1 is 1.03 bits per heavy atom. The summed E-state index contributed by atoms with van der Waals surface area (Å²) < 4.78 is 33.0. The molecular weight excluding hydrogens is 522 g/mol. The lowest BCUT2D eigenvalue weighted by atomic mass is 10.2. The number of hydrogen-bond acceptors (Lipinski definition) is 7. The van der Waals surface area contributed by atoms with E-state index in [1.54, 1.807) is 36.4 Å². The Bertz CT molecular complexity index is 1550. The minimum absolute atomic E-state index is 0.0693. The van der Waals surface area contributed by atoms with Crippen molar-refractivity contribution in [2.45, 2.75) is 11.8 Å². The molecule has 11 heteroatoms.